The lowest BCUT2D eigenvalue weighted by molar-refractivity contribution is -0.128. The molecule has 0 aromatic rings. The lowest BCUT2D eigenvalue weighted by Crippen LogP contribution is -2.32. The molecule has 13 heavy (non-hydrogen) atoms. The highest BCUT2D eigenvalue weighted by Crippen LogP contribution is 2.47. The van der Waals surface area contributed by atoms with E-state index in [1.165, 1.54) is 11.9 Å². The van der Waals surface area contributed by atoms with Crippen LogP contribution in [0.4, 0.5) is 0 Å². The number of hydrogen-bond acceptors (Lipinski definition) is 3. The minimum Gasteiger partial charge on any atom is -0.394 e. The van der Waals surface area contributed by atoms with Crippen LogP contribution in [0.15, 0.2) is 0 Å². The highest BCUT2D eigenvalue weighted by molar-refractivity contribution is 7.53. The molecule has 1 heterocycles. The van der Waals surface area contributed by atoms with Gasteiger partial charge in [0, 0.05) is 7.05 Å². The van der Waals surface area contributed by atoms with E-state index in [0.717, 1.165) is 0 Å². The van der Waals surface area contributed by atoms with Gasteiger partial charge in [-0.3, -0.25) is 9.36 Å². The summed E-state index contributed by atoms with van der Waals surface area (Å²) < 4.78 is 10.8. The molecule has 1 saturated heterocycles. The zero-order chi connectivity index (χ0) is 10.2. The Balaban J connectivity index is 2.84. The van der Waals surface area contributed by atoms with E-state index in [2.05, 4.69) is 0 Å². The van der Waals surface area contributed by atoms with Crippen molar-refractivity contribution < 1.29 is 24.3 Å². The zero-order valence-corrected chi connectivity index (χ0v) is 8.02. The molecule has 1 unspecified atom stereocenters. The van der Waals surface area contributed by atoms with Crippen molar-refractivity contribution in [2.75, 3.05) is 13.7 Å². The first-order chi connectivity index (χ1) is 5.88. The van der Waals surface area contributed by atoms with Gasteiger partial charge in [0.1, 0.15) is 5.66 Å². The Morgan fingerprint density at radius 3 is 2.38 bits per heavy atom. The van der Waals surface area contributed by atoms with E-state index in [1.807, 2.05) is 0 Å². The minimum atomic E-state index is -4.36. The summed E-state index contributed by atoms with van der Waals surface area (Å²) in [4.78, 5) is 30.0. The highest BCUT2D eigenvalue weighted by Gasteiger charge is 2.46. The quantitative estimate of drug-likeness (QED) is 0.494. The molecule has 0 aromatic heterocycles. The van der Waals surface area contributed by atoms with Crippen LogP contribution >= 0.6 is 7.60 Å². The van der Waals surface area contributed by atoms with Gasteiger partial charge >= 0.3 is 7.60 Å². The van der Waals surface area contributed by atoms with Gasteiger partial charge in [0.2, 0.25) is 5.91 Å². The fourth-order valence-electron chi connectivity index (χ4n) is 1.41. The Labute approximate surface area is 75.3 Å². The Kier molecular flexibility index (Phi) is 2.77. The first-order valence-corrected chi connectivity index (χ1v) is 5.49. The zero-order valence-electron chi connectivity index (χ0n) is 7.12. The first kappa shape index (κ1) is 10.7. The summed E-state index contributed by atoms with van der Waals surface area (Å²) in [7, 11) is -2.93. The smallest absolute Gasteiger partial charge is 0.338 e. The standard InChI is InChI=1S/C6H12NO5P/c1-7-4(3-8)2-5(6(7)9)13(10,11)12/h4-5,8H,2-3H2,1H3,(H2,10,11,12)/t4-,5?/m0/s1. The second kappa shape index (κ2) is 3.38. The summed E-state index contributed by atoms with van der Waals surface area (Å²) in [6, 6.07) is -0.467. The average Bonchev–Trinajstić information content (AvgIpc) is 2.28. The molecule has 7 heteroatoms. The van der Waals surface area contributed by atoms with Crippen LogP contribution in [0, 0.1) is 0 Å². The molecule has 0 bridgehead atoms. The predicted octanol–water partition coefficient (Wildman–Crippen LogP) is -1.24. The molecule has 6 nitrogen and oxygen atoms in total. The molecule has 0 saturated carbocycles. The molecule has 0 aromatic carbocycles. The number of likely N-dealkylation sites (N-methyl/N-ethyl adjacent to an activating group) is 1. The third-order valence-electron chi connectivity index (χ3n) is 2.29. The largest absolute Gasteiger partial charge is 0.394 e. The van der Waals surface area contributed by atoms with Crippen molar-refractivity contribution >= 4 is 13.5 Å². The normalized spacial score (nSPS) is 29.8. The molecule has 0 radical (unpaired) electrons. The number of amides is 1. The van der Waals surface area contributed by atoms with Gasteiger partial charge in [-0.2, -0.15) is 0 Å². The molecule has 2 atom stereocenters. The summed E-state index contributed by atoms with van der Waals surface area (Å²) in [5.74, 6) is -0.590. The molecule has 76 valence electrons. The molecule has 0 aliphatic carbocycles. The van der Waals surface area contributed by atoms with Crippen LogP contribution in [-0.4, -0.2) is 51.1 Å². The second-order valence-electron chi connectivity index (χ2n) is 3.13. The van der Waals surface area contributed by atoms with E-state index >= 15 is 0 Å². The summed E-state index contributed by atoms with van der Waals surface area (Å²) in [6.07, 6.45) is 0.0239. The van der Waals surface area contributed by atoms with E-state index in [4.69, 9.17) is 14.9 Å². The molecular formula is C6H12NO5P. The molecule has 0 spiro atoms. The van der Waals surface area contributed by atoms with Gasteiger partial charge in [0.05, 0.1) is 12.6 Å². The van der Waals surface area contributed by atoms with Crippen molar-refractivity contribution in [3.63, 3.8) is 0 Å². The number of nitrogens with zero attached hydrogens (tertiary/aromatic N) is 1. The fraction of sp³-hybridized carbons (Fsp3) is 0.833. The van der Waals surface area contributed by atoms with Crippen molar-refractivity contribution in [3.05, 3.63) is 0 Å². The highest BCUT2D eigenvalue weighted by atomic mass is 31.2. The van der Waals surface area contributed by atoms with Crippen LogP contribution in [0.25, 0.3) is 0 Å². The third kappa shape index (κ3) is 1.91. The first-order valence-electron chi connectivity index (χ1n) is 3.80. The van der Waals surface area contributed by atoms with Crippen molar-refractivity contribution in [1.82, 2.24) is 4.90 Å². The number of likely N-dealkylation sites (tertiary alicyclic amines) is 1. The molecule has 1 fully saturated rings. The second-order valence-corrected chi connectivity index (χ2v) is 4.93. The maximum Gasteiger partial charge on any atom is 0.338 e. The Morgan fingerprint density at radius 2 is 2.15 bits per heavy atom. The number of hydrogen-bond donors (Lipinski definition) is 3. The van der Waals surface area contributed by atoms with Crippen molar-refractivity contribution in [3.8, 4) is 0 Å². The van der Waals surface area contributed by atoms with Crippen molar-refractivity contribution in [1.29, 1.82) is 0 Å². The Morgan fingerprint density at radius 1 is 1.62 bits per heavy atom. The van der Waals surface area contributed by atoms with Crippen molar-refractivity contribution in [2.24, 2.45) is 0 Å². The predicted molar refractivity (Wildman–Crippen MR) is 44.1 cm³/mol. The van der Waals surface area contributed by atoms with E-state index in [-0.39, 0.29) is 13.0 Å². The lowest BCUT2D eigenvalue weighted by atomic mass is 10.2. The third-order valence-corrected chi connectivity index (χ3v) is 3.54. The van der Waals surface area contributed by atoms with Gasteiger partial charge < -0.3 is 19.8 Å². The molecule has 1 amide bonds. The summed E-state index contributed by atoms with van der Waals surface area (Å²) in [5.41, 5.74) is -1.27. The van der Waals surface area contributed by atoms with Crippen LogP contribution in [0.1, 0.15) is 6.42 Å². The van der Waals surface area contributed by atoms with Gasteiger partial charge in [-0.15, -0.1) is 0 Å². The van der Waals surface area contributed by atoms with Crippen LogP contribution in [-0.2, 0) is 9.36 Å². The molecule has 3 N–H and O–H groups in total. The maximum atomic E-state index is 11.2. The van der Waals surface area contributed by atoms with Gasteiger partial charge in [0.15, 0.2) is 0 Å². The number of aliphatic hydroxyl groups excluding tert-OH is 1. The van der Waals surface area contributed by atoms with E-state index in [9.17, 15) is 9.36 Å². The van der Waals surface area contributed by atoms with E-state index < -0.39 is 25.2 Å². The van der Waals surface area contributed by atoms with Crippen LogP contribution in [0.2, 0.25) is 0 Å². The fourth-order valence-corrected chi connectivity index (χ4v) is 2.40. The van der Waals surface area contributed by atoms with Crippen LogP contribution < -0.4 is 0 Å². The Hall–Kier alpha value is -0.420. The minimum absolute atomic E-state index is 0.0239. The number of aliphatic hydroxyl groups is 1. The van der Waals surface area contributed by atoms with Gasteiger partial charge in [-0.25, -0.2) is 0 Å². The van der Waals surface area contributed by atoms with Crippen molar-refractivity contribution in [2.45, 2.75) is 18.1 Å². The summed E-state index contributed by atoms with van der Waals surface area (Å²) >= 11 is 0. The van der Waals surface area contributed by atoms with Gasteiger partial charge in [-0.05, 0) is 6.42 Å². The van der Waals surface area contributed by atoms with Gasteiger partial charge in [-0.1, -0.05) is 0 Å². The van der Waals surface area contributed by atoms with Gasteiger partial charge in [0.25, 0.3) is 0 Å². The number of carbonyl (C=O) groups is 1. The maximum absolute atomic E-state index is 11.2. The monoisotopic (exact) mass is 209 g/mol. The van der Waals surface area contributed by atoms with Crippen LogP contribution in [0.3, 0.4) is 0 Å². The van der Waals surface area contributed by atoms with E-state index in [0.29, 0.717) is 0 Å². The topological polar surface area (TPSA) is 98.1 Å². The number of rotatable bonds is 2. The van der Waals surface area contributed by atoms with Crippen LogP contribution in [0.5, 0.6) is 0 Å². The lowest BCUT2D eigenvalue weighted by Gasteiger charge is -2.16. The molecule has 1 aliphatic heterocycles. The summed E-state index contributed by atoms with van der Waals surface area (Å²) in [5, 5.41) is 8.79. The SMILES string of the molecule is CN1C(=O)C(P(=O)(O)O)C[C@H]1CO. The number of carbonyl (C=O) groups excluding carboxylic acids is 1. The average molecular weight is 209 g/mol. The summed E-state index contributed by atoms with van der Waals surface area (Å²) in [6.45, 7) is -0.265. The molecular weight excluding hydrogens is 197 g/mol. The molecule has 1 rings (SSSR count). The van der Waals surface area contributed by atoms with E-state index in [1.54, 1.807) is 0 Å². The molecule has 1 aliphatic rings. The Bertz CT molecular complexity index is 262.